The molecule has 0 bridgehead atoms. The summed E-state index contributed by atoms with van der Waals surface area (Å²) in [5.41, 5.74) is 1.76. The van der Waals surface area contributed by atoms with Crippen LogP contribution in [0.3, 0.4) is 0 Å². The van der Waals surface area contributed by atoms with Gasteiger partial charge in [-0.25, -0.2) is 4.79 Å². The van der Waals surface area contributed by atoms with Crippen LogP contribution in [0, 0.1) is 0 Å². The Balaban J connectivity index is 2.15. The predicted molar refractivity (Wildman–Crippen MR) is 94.0 cm³/mol. The predicted octanol–water partition coefficient (Wildman–Crippen LogP) is 3.64. The van der Waals surface area contributed by atoms with Gasteiger partial charge in [0, 0.05) is 6.54 Å². The highest BCUT2D eigenvalue weighted by atomic mass is 16.6. The maximum absolute atomic E-state index is 11.5. The largest absolute Gasteiger partial charge is 0.469 e. The van der Waals surface area contributed by atoms with E-state index in [0.29, 0.717) is 13.0 Å². The maximum atomic E-state index is 11.5. The number of nitrogens with one attached hydrogen (secondary N) is 1. The van der Waals surface area contributed by atoms with Crippen LogP contribution in [0.2, 0.25) is 0 Å². The Kier molecular flexibility index (Phi) is 8.30. The van der Waals surface area contributed by atoms with Crippen molar-refractivity contribution < 1.29 is 19.1 Å². The molecule has 5 nitrogen and oxygen atoms in total. The first-order chi connectivity index (χ1) is 11.3. The summed E-state index contributed by atoms with van der Waals surface area (Å²) in [7, 11) is 1.40. The van der Waals surface area contributed by atoms with E-state index in [0.717, 1.165) is 31.2 Å². The van der Waals surface area contributed by atoms with Crippen LogP contribution < -0.4 is 5.32 Å². The maximum Gasteiger partial charge on any atom is 0.407 e. The first-order valence-corrected chi connectivity index (χ1v) is 8.41. The van der Waals surface area contributed by atoms with Crippen molar-refractivity contribution in [3.8, 4) is 0 Å². The highest BCUT2D eigenvalue weighted by Crippen LogP contribution is 2.10. The average molecular weight is 335 g/mol. The molecule has 24 heavy (non-hydrogen) atoms. The molecule has 0 aliphatic rings. The van der Waals surface area contributed by atoms with Gasteiger partial charge >= 0.3 is 12.1 Å². The molecule has 5 heteroatoms. The molecule has 0 fully saturated rings. The lowest BCUT2D eigenvalue weighted by molar-refractivity contribution is -0.139. The van der Waals surface area contributed by atoms with Crippen LogP contribution in [0.15, 0.2) is 24.3 Å². The number of rotatable bonds is 8. The van der Waals surface area contributed by atoms with Crippen molar-refractivity contribution in [3.05, 3.63) is 35.4 Å². The standard InChI is InChI=1S/C19H29NO4/c1-19(2,3)24-18(22)20-13-7-5-6-8-15-9-11-16(12-10-15)14-17(21)23-4/h9-12H,5-8,13-14H2,1-4H3,(H,20,22). The van der Waals surface area contributed by atoms with E-state index in [-0.39, 0.29) is 12.1 Å². The number of aryl methyl sites for hydroxylation is 1. The number of carbonyl (C=O) groups excluding carboxylic acids is 2. The smallest absolute Gasteiger partial charge is 0.407 e. The lowest BCUT2D eigenvalue weighted by atomic mass is 10.0. The van der Waals surface area contributed by atoms with Crippen LogP contribution in [0.4, 0.5) is 4.79 Å². The zero-order valence-electron chi connectivity index (χ0n) is 15.2. The molecule has 0 radical (unpaired) electrons. The number of esters is 1. The van der Waals surface area contributed by atoms with Gasteiger partial charge in [0.2, 0.25) is 0 Å². The second-order valence-corrected chi connectivity index (χ2v) is 6.81. The average Bonchev–Trinajstić information content (AvgIpc) is 2.50. The van der Waals surface area contributed by atoms with Crippen molar-refractivity contribution in [2.24, 2.45) is 0 Å². The number of amides is 1. The van der Waals surface area contributed by atoms with E-state index in [2.05, 4.69) is 22.2 Å². The van der Waals surface area contributed by atoms with Gasteiger partial charge in [0.15, 0.2) is 0 Å². The number of hydrogen-bond acceptors (Lipinski definition) is 4. The fourth-order valence-corrected chi connectivity index (χ4v) is 2.20. The SMILES string of the molecule is COC(=O)Cc1ccc(CCCCCNC(=O)OC(C)(C)C)cc1. The van der Waals surface area contributed by atoms with E-state index in [1.54, 1.807) is 0 Å². The molecule has 0 unspecified atom stereocenters. The molecule has 0 aliphatic heterocycles. The van der Waals surface area contributed by atoms with Crippen LogP contribution in [-0.2, 0) is 27.1 Å². The van der Waals surface area contributed by atoms with Gasteiger partial charge in [0.05, 0.1) is 13.5 Å². The Hall–Kier alpha value is -2.04. The Labute approximate surface area is 144 Å². The Morgan fingerprint density at radius 2 is 1.62 bits per heavy atom. The molecule has 1 aromatic carbocycles. The van der Waals surface area contributed by atoms with Crippen molar-refractivity contribution in [1.82, 2.24) is 5.32 Å². The fourth-order valence-electron chi connectivity index (χ4n) is 2.20. The summed E-state index contributed by atoms with van der Waals surface area (Å²) in [5, 5.41) is 2.76. The van der Waals surface area contributed by atoms with E-state index in [4.69, 9.17) is 4.74 Å². The number of alkyl carbamates (subject to hydrolysis) is 1. The Morgan fingerprint density at radius 3 is 2.21 bits per heavy atom. The van der Waals surface area contributed by atoms with Crippen LogP contribution in [0.25, 0.3) is 0 Å². The molecule has 0 heterocycles. The summed E-state index contributed by atoms with van der Waals surface area (Å²) in [6.45, 7) is 6.18. The summed E-state index contributed by atoms with van der Waals surface area (Å²) in [4.78, 5) is 22.7. The summed E-state index contributed by atoms with van der Waals surface area (Å²) in [6.07, 6.45) is 3.98. The van der Waals surface area contributed by atoms with Crippen molar-refractivity contribution in [2.45, 2.75) is 58.5 Å². The molecule has 0 saturated carbocycles. The van der Waals surface area contributed by atoms with Crippen molar-refractivity contribution in [1.29, 1.82) is 0 Å². The van der Waals surface area contributed by atoms with E-state index < -0.39 is 5.60 Å². The summed E-state index contributed by atoms with van der Waals surface area (Å²) < 4.78 is 9.83. The Bertz CT molecular complexity index is 517. The van der Waals surface area contributed by atoms with E-state index in [1.807, 2.05) is 32.9 Å². The molecule has 0 spiro atoms. The molecule has 1 N–H and O–H groups in total. The minimum Gasteiger partial charge on any atom is -0.469 e. The topological polar surface area (TPSA) is 64.6 Å². The van der Waals surface area contributed by atoms with E-state index >= 15 is 0 Å². The van der Waals surface area contributed by atoms with Gasteiger partial charge in [0.25, 0.3) is 0 Å². The van der Waals surface area contributed by atoms with E-state index in [1.165, 1.54) is 12.7 Å². The third-order valence-electron chi connectivity index (χ3n) is 3.41. The molecule has 0 aliphatic carbocycles. The molecule has 134 valence electrons. The molecule has 1 amide bonds. The zero-order valence-corrected chi connectivity index (χ0v) is 15.2. The first kappa shape index (κ1) is 20.0. The van der Waals surface area contributed by atoms with Gasteiger partial charge in [-0.3, -0.25) is 4.79 Å². The van der Waals surface area contributed by atoms with Crippen LogP contribution >= 0.6 is 0 Å². The minimum absolute atomic E-state index is 0.222. The van der Waals surface area contributed by atoms with Crippen LogP contribution in [-0.4, -0.2) is 31.3 Å². The second kappa shape index (κ2) is 9.96. The number of ether oxygens (including phenoxy) is 2. The quantitative estimate of drug-likeness (QED) is 0.582. The number of methoxy groups -OCH3 is 1. The van der Waals surface area contributed by atoms with Gasteiger partial charge in [-0.1, -0.05) is 30.7 Å². The van der Waals surface area contributed by atoms with Gasteiger partial charge in [0.1, 0.15) is 5.60 Å². The third-order valence-corrected chi connectivity index (χ3v) is 3.41. The zero-order chi connectivity index (χ0) is 18.0. The first-order valence-electron chi connectivity index (χ1n) is 8.41. The minimum atomic E-state index is -0.454. The normalized spacial score (nSPS) is 11.0. The molecule has 0 aromatic heterocycles. The van der Waals surface area contributed by atoms with Crippen molar-refractivity contribution >= 4 is 12.1 Å². The van der Waals surface area contributed by atoms with Crippen molar-refractivity contribution in [3.63, 3.8) is 0 Å². The van der Waals surface area contributed by atoms with Crippen LogP contribution in [0.1, 0.15) is 51.2 Å². The van der Waals surface area contributed by atoms with Crippen molar-refractivity contribution in [2.75, 3.05) is 13.7 Å². The highest BCUT2D eigenvalue weighted by molar-refractivity contribution is 5.72. The second-order valence-electron chi connectivity index (χ2n) is 6.81. The van der Waals surface area contributed by atoms with Gasteiger partial charge < -0.3 is 14.8 Å². The highest BCUT2D eigenvalue weighted by Gasteiger charge is 2.15. The molecule has 1 aromatic rings. The molecular formula is C19H29NO4. The number of carbonyl (C=O) groups is 2. The summed E-state index contributed by atoms with van der Waals surface area (Å²) in [6, 6.07) is 8.04. The van der Waals surface area contributed by atoms with Gasteiger partial charge in [-0.05, 0) is 51.2 Å². The number of benzene rings is 1. The lowest BCUT2D eigenvalue weighted by Crippen LogP contribution is -2.32. The van der Waals surface area contributed by atoms with Gasteiger partial charge in [-0.2, -0.15) is 0 Å². The third kappa shape index (κ3) is 9.18. The molecular weight excluding hydrogens is 306 g/mol. The molecule has 0 saturated heterocycles. The van der Waals surface area contributed by atoms with E-state index in [9.17, 15) is 9.59 Å². The van der Waals surface area contributed by atoms with Crippen LogP contribution in [0.5, 0.6) is 0 Å². The summed E-state index contributed by atoms with van der Waals surface area (Å²) in [5.74, 6) is -0.222. The fraction of sp³-hybridized carbons (Fsp3) is 0.579. The summed E-state index contributed by atoms with van der Waals surface area (Å²) >= 11 is 0. The number of unbranched alkanes of at least 4 members (excludes halogenated alkanes) is 2. The lowest BCUT2D eigenvalue weighted by Gasteiger charge is -2.19. The monoisotopic (exact) mass is 335 g/mol. The molecule has 1 rings (SSSR count). The molecule has 0 atom stereocenters. The Morgan fingerprint density at radius 1 is 1.00 bits per heavy atom. The number of hydrogen-bond donors (Lipinski definition) is 1. The van der Waals surface area contributed by atoms with Gasteiger partial charge in [-0.15, -0.1) is 0 Å².